The Morgan fingerprint density at radius 1 is 1.11 bits per heavy atom. The van der Waals surface area contributed by atoms with Crippen molar-refractivity contribution in [2.24, 2.45) is 5.92 Å². The van der Waals surface area contributed by atoms with Crippen LogP contribution in [0.5, 0.6) is 0 Å². The average Bonchev–Trinajstić information content (AvgIpc) is 1.79. The first-order valence-corrected chi connectivity index (χ1v) is 4.04. The highest BCUT2D eigenvalue weighted by Crippen LogP contribution is 2.16. The van der Waals surface area contributed by atoms with Gasteiger partial charge in [0.2, 0.25) is 0 Å². The number of allylic oxidation sites excluding steroid dienone is 2. The number of hydrogen-bond donors (Lipinski definition) is 0. The summed E-state index contributed by atoms with van der Waals surface area (Å²) in [5, 5.41) is 0. The van der Waals surface area contributed by atoms with Crippen LogP contribution in [0.2, 0.25) is 0 Å². The Labute approximate surface area is 58.0 Å². The van der Waals surface area contributed by atoms with Gasteiger partial charge in [0, 0.05) is 0 Å². The highest BCUT2D eigenvalue weighted by Gasteiger charge is 2.01. The van der Waals surface area contributed by atoms with Gasteiger partial charge >= 0.3 is 0 Å². The van der Waals surface area contributed by atoms with E-state index in [1.165, 1.54) is 32.1 Å². The van der Waals surface area contributed by atoms with Crippen LogP contribution in [0.3, 0.4) is 0 Å². The lowest BCUT2D eigenvalue weighted by Crippen LogP contribution is -1.95. The molecular weight excluding hydrogens is 108 g/mol. The molecule has 0 fully saturated rings. The van der Waals surface area contributed by atoms with Gasteiger partial charge in [-0.1, -0.05) is 25.5 Å². The van der Waals surface area contributed by atoms with Gasteiger partial charge in [-0.05, 0) is 31.6 Å². The van der Waals surface area contributed by atoms with Crippen molar-refractivity contribution in [3.8, 4) is 0 Å². The van der Waals surface area contributed by atoms with Crippen LogP contribution in [0.15, 0.2) is 12.2 Å². The van der Waals surface area contributed by atoms with Crippen LogP contribution >= 0.6 is 0 Å². The summed E-state index contributed by atoms with van der Waals surface area (Å²) in [6.07, 6.45) is 11.5. The molecule has 1 unspecified atom stereocenters. The molecule has 0 heterocycles. The molecule has 0 bridgehead atoms. The summed E-state index contributed by atoms with van der Waals surface area (Å²) in [5.74, 6) is 0.968. The Morgan fingerprint density at radius 2 is 1.89 bits per heavy atom. The third-order valence-corrected chi connectivity index (χ3v) is 2.06. The van der Waals surface area contributed by atoms with Gasteiger partial charge in [0.05, 0.1) is 0 Å². The van der Waals surface area contributed by atoms with Crippen LogP contribution in [0.4, 0.5) is 0 Å². The summed E-state index contributed by atoms with van der Waals surface area (Å²) in [4.78, 5) is 0. The van der Waals surface area contributed by atoms with Crippen molar-refractivity contribution in [2.45, 2.75) is 39.0 Å². The third-order valence-electron chi connectivity index (χ3n) is 2.06. The maximum absolute atomic E-state index is 2.36. The van der Waals surface area contributed by atoms with Gasteiger partial charge in [0.15, 0.2) is 0 Å². The van der Waals surface area contributed by atoms with E-state index in [0.717, 1.165) is 5.92 Å². The van der Waals surface area contributed by atoms with E-state index >= 15 is 0 Å². The smallest absolute Gasteiger partial charge is 0.0348 e. The van der Waals surface area contributed by atoms with Crippen molar-refractivity contribution in [2.75, 3.05) is 0 Å². The molecule has 0 aromatic heterocycles. The summed E-state index contributed by atoms with van der Waals surface area (Å²) >= 11 is 0. The fourth-order valence-corrected chi connectivity index (χ4v) is 1.34. The van der Waals surface area contributed by atoms with Gasteiger partial charge in [-0.3, -0.25) is 0 Å². The van der Waals surface area contributed by atoms with Crippen molar-refractivity contribution in [3.05, 3.63) is 12.2 Å². The molecule has 1 rings (SSSR count). The molecule has 0 saturated carbocycles. The third kappa shape index (κ3) is 2.69. The maximum Gasteiger partial charge on any atom is -0.0348 e. The molecule has 1 atom stereocenters. The molecular formula is C9H16. The topological polar surface area (TPSA) is 0 Å². The summed E-state index contributed by atoms with van der Waals surface area (Å²) in [6, 6.07) is 0. The van der Waals surface area contributed by atoms with Crippen LogP contribution < -0.4 is 0 Å². The predicted octanol–water partition coefficient (Wildman–Crippen LogP) is 3.14. The molecule has 0 aliphatic heterocycles. The Kier molecular flexibility index (Phi) is 2.82. The minimum Gasteiger partial charge on any atom is -0.0885 e. The van der Waals surface area contributed by atoms with Gasteiger partial charge in [-0.15, -0.1) is 0 Å². The summed E-state index contributed by atoms with van der Waals surface area (Å²) < 4.78 is 0. The molecule has 0 aromatic rings. The van der Waals surface area contributed by atoms with Crippen LogP contribution in [0.25, 0.3) is 0 Å². The predicted molar refractivity (Wildman–Crippen MR) is 41.4 cm³/mol. The molecule has 52 valence electrons. The zero-order valence-electron chi connectivity index (χ0n) is 6.27. The minimum absolute atomic E-state index is 0.968. The quantitative estimate of drug-likeness (QED) is 0.435. The van der Waals surface area contributed by atoms with E-state index in [1.807, 2.05) is 0 Å². The molecule has 0 heteroatoms. The highest BCUT2D eigenvalue weighted by molar-refractivity contribution is 4.84. The molecule has 0 aromatic carbocycles. The fourth-order valence-electron chi connectivity index (χ4n) is 1.34. The zero-order valence-corrected chi connectivity index (χ0v) is 6.27. The first-order chi connectivity index (χ1) is 4.39. The second kappa shape index (κ2) is 3.71. The summed E-state index contributed by atoms with van der Waals surface area (Å²) in [5.41, 5.74) is 0. The highest BCUT2D eigenvalue weighted by atomic mass is 14.1. The summed E-state index contributed by atoms with van der Waals surface area (Å²) in [7, 11) is 0. The number of rotatable bonds is 0. The van der Waals surface area contributed by atoms with Crippen LogP contribution in [0, 0.1) is 5.92 Å². The fraction of sp³-hybridized carbons (Fsp3) is 0.778. The van der Waals surface area contributed by atoms with Crippen molar-refractivity contribution in [1.82, 2.24) is 0 Å². The van der Waals surface area contributed by atoms with E-state index in [0.29, 0.717) is 0 Å². The first-order valence-electron chi connectivity index (χ1n) is 4.04. The Morgan fingerprint density at radius 3 is 2.78 bits per heavy atom. The Bertz CT molecular complexity index is 92.2. The van der Waals surface area contributed by atoms with Crippen molar-refractivity contribution in [1.29, 1.82) is 0 Å². The molecule has 0 saturated heterocycles. The Balaban J connectivity index is 2.27. The van der Waals surface area contributed by atoms with E-state index in [4.69, 9.17) is 0 Å². The number of hydrogen-bond acceptors (Lipinski definition) is 0. The van der Waals surface area contributed by atoms with Crippen molar-refractivity contribution in [3.63, 3.8) is 0 Å². The molecule has 0 N–H and O–H groups in total. The second-order valence-electron chi connectivity index (χ2n) is 3.08. The molecule has 1 aliphatic rings. The van der Waals surface area contributed by atoms with Gasteiger partial charge in [-0.2, -0.15) is 0 Å². The molecule has 1 aliphatic carbocycles. The first kappa shape index (κ1) is 6.85. The van der Waals surface area contributed by atoms with Gasteiger partial charge in [0.1, 0.15) is 0 Å². The van der Waals surface area contributed by atoms with E-state index < -0.39 is 0 Å². The second-order valence-corrected chi connectivity index (χ2v) is 3.08. The largest absolute Gasteiger partial charge is 0.0885 e. The maximum atomic E-state index is 2.36. The minimum atomic E-state index is 0.968. The van der Waals surface area contributed by atoms with E-state index in [-0.39, 0.29) is 0 Å². The van der Waals surface area contributed by atoms with Crippen LogP contribution in [-0.4, -0.2) is 0 Å². The molecule has 9 heavy (non-hydrogen) atoms. The molecule has 0 spiro atoms. The van der Waals surface area contributed by atoms with Gasteiger partial charge in [0.25, 0.3) is 0 Å². The Hall–Kier alpha value is -0.260. The van der Waals surface area contributed by atoms with Crippen molar-refractivity contribution >= 4 is 0 Å². The lowest BCUT2D eigenvalue weighted by molar-refractivity contribution is 0.474. The van der Waals surface area contributed by atoms with Crippen LogP contribution in [0.1, 0.15) is 39.0 Å². The standard InChI is InChI=1S/C9H16/c1-9-7-5-3-2-4-6-8-9/h2-3,9H,4-8H2,1H3. The zero-order chi connectivity index (χ0) is 6.53. The lowest BCUT2D eigenvalue weighted by atomic mass is 9.96. The van der Waals surface area contributed by atoms with E-state index in [9.17, 15) is 0 Å². The molecule has 0 radical (unpaired) electrons. The molecule has 0 amide bonds. The van der Waals surface area contributed by atoms with E-state index in [1.54, 1.807) is 0 Å². The molecule has 0 nitrogen and oxygen atoms in total. The normalized spacial score (nSPS) is 29.2. The van der Waals surface area contributed by atoms with Crippen LogP contribution in [-0.2, 0) is 0 Å². The average molecular weight is 124 g/mol. The monoisotopic (exact) mass is 124 g/mol. The van der Waals surface area contributed by atoms with E-state index in [2.05, 4.69) is 19.1 Å². The lowest BCUT2D eigenvalue weighted by Gasteiger charge is -2.10. The SMILES string of the molecule is CC1CCC=CCCC1. The van der Waals surface area contributed by atoms with Gasteiger partial charge < -0.3 is 0 Å². The van der Waals surface area contributed by atoms with Crippen molar-refractivity contribution < 1.29 is 0 Å². The summed E-state index contributed by atoms with van der Waals surface area (Å²) in [6.45, 7) is 2.36. The van der Waals surface area contributed by atoms with Gasteiger partial charge in [-0.25, -0.2) is 0 Å².